The molecule has 0 bridgehead atoms. The molecule has 1 saturated heterocycles. The zero-order chi connectivity index (χ0) is 29.6. The summed E-state index contributed by atoms with van der Waals surface area (Å²) >= 11 is 0. The molecule has 0 aromatic carbocycles. The highest BCUT2D eigenvalue weighted by Crippen LogP contribution is 2.44. The van der Waals surface area contributed by atoms with Gasteiger partial charge >= 0.3 is 0 Å². The monoisotopic (exact) mass is 550 g/mol. The Balaban J connectivity index is 0.000000708. The summed E-state index contributed by atoms with van der Waals surface area (Å²) in [5.41, 5.74) is 0.203. The molecule has 0 aliphatic carbocycles. The fourth-order valence-corrected chi connectivity index (χ4v) is 4.92. The average Bonchev–Trinajstić information content (AvgIpc) is 3.14. The van der Waals surface area contributed by atoms with Crippen LogP contribution >= 0.6 is 0 Å². The minimum atomic E-state index is -2.67. The van der Waals surface area contributed by atoms with Gasteiger partial charge in [-0.15, -0.1) is 0 Å². The molecule has 2 heterocycles. The lowest BCUT2D eigenvalue weighted by Crippen LogP contribution is -2.68. The Morgan fingerprint density at radius 1 is 0.923 bits per heavy atom. The quantitative estimate of drug-likeness (QED) is 0.225. The molecule has 0 spiro atoms. The number of pyridine rings is 1. The van der Waals surface area contributed by atoms with Gasteiger partial charge in [0.1, 0.15) is 12.2 Å². The Morgan fingerprint density at radius 2 is 1.44 bits per heavy atom. The number of hydrogen-bond acceptors (Lipinski definition) is 9. The van der Waals surface area contributed by atoms with Crippen molar-refractivity contribution >= 4 is 23.3 Å². The van der Waals surface area contributed by atoms with E-state index in [2.05, 4.69) is 11.9 Å². The van der Waals surface area contributed by atoms with Gasteiger partial charge in [-0.25, -0.2) is 0 Å². The Hall–Kier alpha value is -2.53. The number of carbonyl (C=O) groups is 4. The third-order valence-electron chi connectivity index (χ3n) is 7.31. The number of ketones is 3. The summed E-state index contributed by atoms with van der Waals surface area (Å²) < 4.78 is 5.61. The molecule has 1 fully saturated rings. The number of nitrogens with zero attached hydrogens (tertiary/aromatic N) is 1. The predicted octanol–water partition coefficient (Wildman–Crippen LogP) is 2.84. The number of amides is 1. The van der Waals surface area contributed by atoms with E-state index in [4.69, 9.17) is 10.5 Å². The molecule has 0 saturated carbocycles. The van der Waals surface area contributed by atoms with E-state index in [1.807, 2.05) is 0 Å². The van der Waals surface area contributed by atoms with E-state index >= 15 is 0 Å². The van der Waals surface area contributed by atoms with Crippen LogP contribution in [-0.4, -0.2) is 73.1 Å². The normalized spacial score (nSPS) is 24.9. The van der Waals surface area contributed by atoms with Gasteiger partial charge in [0.15, 0.2) is 28.6 Å². The van der Waals surface area contributed by atoms with Crippen molar-refractivity contribution in [2.75, 3.05) is 0 Å². The fourth-order valence-electron chi connectivity index (χ4n) is 4.92. The topological polar surface area (TPSA) is 177 Å². The van der Waals surface area contributed by atoms with Crippen LogP contribution in [-0.2, 0) is 19.1 Å². The molecular weight excluding hydrogens is 504 g/mol. The van der Waals surface area contributed by atoms with Crippen molar-refractivity contribution in [1.82, 2.24) is 4.98 Å². The second-order valence-corrected chi connectivity index (χ2v) is 10.3. The van der Waals surface area contributed by atoms with Crippen LogP contribution in [0.2, 0.25) is 0 Å². The largest absolute Gasteiger partial charge is 0.382 e. The summed E-state index contributed by atoms with van der Waals surface area (Å²) in [5.74, 6) is -2.90. The summed E-state index contributed by atoms with van der Waals surface area (Å²) in [5, 5.41) is 32.3. The maximum absolute atomic E-state index is 12.3. The third-order valence-corrected chi connectivity index (χ3v) is 7.31. The van der Waals surface area contributed by atoms with Crippen molar-refractivity contribution in [3.63, 3.8) is 0 Å². The van der Waals surface area contributed by atoms with Crippen LogP contribution < -0.4 is 5.73 Å². The first kappa shape index (κ1) is 34.5. The Labute approximate surface area is 231 Å². The SMILES string of the molecule is CCCCCCCCCCCCC1O[C@H](C(O)C(C)=O)[C@](O)(C(C)=O)[C@]1(O)C(C)=O.NC(=O)c1cccnc1. The highest BCUT2D eigenvalue weighted by molar-refractivity contribution is 6.00. The predicted molar refractivity (Wildman–Crippen MR) is 146 cm³/mol. The van der Waals surface area contributed by atoms with Crippen LogP contribution in [0.15, 0.2) is 24.5 Å². The second-order valence-electron chi connectivity index (χ2n) is 10.3. The van der Waals surface area contributed by atoms with Crippen LogP contribution in [0.3, 0.4) is 0 Å². The van der Waals surface area contributed by atoms with Crippen molar-refractivity contribution in [1.29, 1.82) is 0 Å². The number of rotatable bonds is 16. The van der Waals surface area contributed by atoms with Crippen LogP contribution in [0.25, 0.3) is 0 Å². The molecule has 39 heavy (non-hydrogen) atoms. The van der Waals surface area contributed by atoms with E-state index in [1.165, 1.54) is 44.7 Å². The Bertz CT molecular complexity index is 940. The standard InChI is InChI=1S/C23H40O7.C6H6N2O/c1-5-6-7-8-9-10-11-12-13-14-15-19-22(28,17(3)25)23(29,18(4)26)21(30-19)20(27)16(2)24;7-6(9)5-2-1-3-8-4-5/h19-21,27-29H,5-15H2,1-4H3;1-4H,(H2,7,9)/t19?,20?,21-,22+,23-;/m1./s1. The van der Waals surface area contributed by atoms with Crippen molar-refractivity contribution in [2.45, 2.75) is 128 Å². The Morgan fingerprint density at radius 3 is 1.82 bits per heavy atom. The van der Waals surface area contributed by atoms with Crippen molar-refractivity contribution in [3.05, 3.63) is 30.1 Å². The zero-order valence-electron chi connectivity index (χ0n) is 23.7. The van der Waals surface area contributed by atoms with E-state index in [9.17, 15) is 34.5 Å². The molecule has 1 amide bonds. The number of aromatic nitrogens is 1. The molecule has 1 aromatic heterocycles. The number of Topliss-reactive ketones (excluding diaryl/α,β-unsaturated/α-hetero) is 3. The molecule has 1 aliphatic rings. The van der Waals surface area contributed by atoms with E-state index in [0.29, 0.717) is 12.0 Å². The minimum Gasteiger partial charge on any atom is -0.382 e. The number of ether oxygens (including phenoxy) is 1. The summed E-state index contributed by atoms with van der Waals surface area (Å²) in [4.78, 5) is 50.3. The molecule has 1 aliphatic heterocycles. The first-order valence-electron chi connectivity index (χ1n) is 13.9. The number of nitrogens with two attached hydrogens (primary N) is 1. The van der Waals surface area contributed by atoms with Gasteiger partial charge in [0, 0.05) is 12.4 Å². The summed E-state index contributed by atoms with van der Waals surface area (Å²) in [6.07, 6.45) is 9.67. The van der Waals surface area contributed by atoms with Gasteiger partial charge in [-0.1, -0.05) is 71.1 Å². The highest BCUT2D eigenvalue weighted by Gasteiger charge is 2.72. The molecule has 10 nitrogen and oxygen atoms in total. The number of carbonyl (C=O) groups excluding carboxylic acids is 4. The van der Waals surface area contributed by atoms with Gasteiger partial charge in [0.05, 0.1) is 11.7 Å². The van der Waals surface area contributed by atoms with E-state index < -0.39 is 52.8 Å². The lowest BCUT2D eigenvalue weighted by atomic mass is 9.71. The summed E-state index contributed by atoms with van der Waals surface area (Å²) in [6, 6.07) is 3.29. The molecule has 10 heteroatoms. The van der Waals surface area contributed by atoms with Gasteiger partial charge in [-0.3, -0.25) is 24.2 Å². The van der Waals surface area contributed by atoms with Crippen LogP contribution in [0, 0.1) is 0 Å². The van der Waals surface area contributed by atoms with E-state index in [0.717, 1.165) is 40.0 Å². The van der Waals surface area contributed by atoms with Gasteiger partial charge < -0.3 is 25.8 Å². The van der Waals surface area contributed by atoms with Gasteiger partial charge in [-0.2, -0.15) is 0 Å². The Kier molecular flexibility index (Phi) is 14.6. The molecular formula is C29H46N2O8. The average molecular weight is 551 g/mol. The molecule has 1 aromatic rings. The van der Waals surface area contributed by atoms with Crippen molar-refractivity contribution < 1.29 is 39.2 Å². The summed E-state index contributed by atoms with van der Waals surface area (Å²) in [7, 11) is 0. The lowest BCUT2D eigenvalue weighted by Gasteiger charge is -2.38. The van der Waals surface area contributed by atoms with Crippen molar-refractivity contribution in [3.8, 4) is 0 Å². The third kappa shape index (κ3) is 8.99. The minimum absolute atomic E-state index is 0.239. The summed E-state index contributed by atoms with van der Waals surface area (Å²) in [6.45, 7) is 5.38. The number of primary amides is 1. The lowest BCUT2D eigenvalue weighted by molar-refractivity contribution is -0.182. The van der Waals surface area contributed by atoms with Gasteiger partial charge in [0.2, 0.25) is 5.91 Å². The van der Waals surface area contributed by atoms with Crippen molar-refractivity contribution in [2.24, 2.45) is 5.73 Å². The second kappa shape index (κ2) is 16.5. The molecule has 0 radical (unpaired) electrons. The highest BCUT2D eigenvalue weighted by atomic mass is 16.6. The molecule has 5 atom stereocenters. The number of aliphatic hydroxyl groups excluding tert-OH is 1. The van der Waals surface area contributed by atoms with E-state index in [-0.39, 0.29) is 6.42 Å². The van der Waals surface area contributed by atoms with Crippen LogP contribution in [0.1, 0.15) is 109 Å². The van der Waals surface area contributed by atoms with Gasteiger partial charge in [0.25, 0.3) is 0 Å². The fraction of sp³-hybridized carbons (Fsp3) is 0.690. The van der Waals surface area contributed by atoms with Crippen LogP contribution in [0.5, 0.6) is 0 Å². The maximum atomic E-state index is 12.3. The molecule has 2 rings (SSSR count). The molecule has 2 unspecified atom stereocenters. The molecule has 220 valence electrons. The van der Waals surface area contributed by atoms with Crippen LogP contribution in [0.4, 0.5) is 0 Å². The number of aliphatic hydroxyl groups is 3. The first-order valence-corrected chi connectivity index (χ1v) is 13.9. The smallest absolute Gasteiger partial charge is 0.250 e. The zero-order valence-corrected chi connectivity index (χ0v) is 23.7. The maximum Gasteiger partial charge on any atom is 0.250 e. The first-order chi connectivity index (χ1) is 18.3. The molecule has 5 N–H and O–H groups in total. The van der Waals surface area contributed by atoms with E-state index in [1.54, 1.807) is 18.3 Å². The van der Waals surface area contributed by atoms with Gasteiger partial charge in [-0.05, 0) is 39.3 Å². The number of unbranched alkanes of at least 4 members (excludes halogenated alkanes) is 9. The number of hydrogen-bond donors (Lipinski definition) is 4.